The van der Waals surface area contributed by atoms with Gasteiger partial charge in [0.05, 0.1) is 0 Å². The van der Waals surface area contributed by atoms with Crippen LogP contribution in [-0.4, -0.2) is 0 Å². The molecule has 0 aliphatic carbocycles. The zero-order valence-corrected chi connectivity index (χ0v) is 7.85. The maximum Gasteiger partial charge on any atom is -0.0285 e. The zero-order valence-electron chi connectivity index (χ0n) is 7.85. The van der Waals surface area contributed by atoms with Crippen LogP contribution in [0.2, 0.25) is 0 Å². The van der Waals surface area contributed by atoms with Crippen LogP contribution in [-0.2, 0) is 0 Å². The van der Waals surface area contributed by atoms with Gasteiger partial charge in [-0.15, -0.1) is 0 Å². The molecule has 0 fully saturated rings. The van der Waals surface area contributed by atoms with Gasteiger partial charge < -0.3 is 0 Å². The Morgan fingerprint density at radius 2 is 2.09 bits per heavy atom. The molecule has 0 atom stereocenters. The lowest BCUT2D eigenvalue weighted by atomic mass is 10.0. The van der Waals surface area contributed by atoms with Gasteiger partial charge in [-0.3, -0.25) is 0 Å². The van der Waals surface area contributed by atoms with E-state index in [1.54, 1.807) is 0 Å². The maximum atomic E-state index is 4.00. The summed E-state index contributed by atoms with van der Waals surface area (Å²) in [6, 6.07) is 0. The SMILES string of the molecule is C=C(CCC)/C(C)=C\C=C/C. The van der Waals surface area contributed by atoms with Gasteiger partial charge in [0.15, 0.2) is 0 Å². The molecule has 0 radical (unpaired) electrons. The molecule has 0 heteroatoms. The Morgan fingerprint density at radius 3 is 2.55 bits per heavy atom. The highest BCUT2D eigenvalue weighted by molar-refractivity contribution is 5.29. The Kier molecular flexibility index (Phi) is 5.54. The topological polar surface area (TPSA) is 0 Å². The first-order chi connectivity index (χ1) is 5.22. The molecule has 0 aromatic carbocycles. The third kappa shape index (κ3) is 4.60. The second kappa shape index (κ2) is 5.96. The number of rotatable bonds is 4. The van der Waals surface area contributed by atoms with Crippen LogP contribution in [0.15, 0.2) is 36.0 Å². The van der Waals surface area contributed by atoms with Crippen molar-refractivity contribution >= 4 is 0 Å². The lowest BCUT2D eigenvalue weighted by molar-refractivity contribution is 0.915. The largest absolute Gasteiger partial charge is 0.0956 e. The fraction of sp³-hybridized carbons (Fsp3) is 0.455. The Balaban J connectivity index is 4.00. The first-order valence-corrected chi connectivity index (χ1v) is 4.20. The van der Waals surface area contributed by atoms with Crippen LogP contribution >= 0.6 is 0 Å². The summed E-state index contributed by atoms with van der Waals surface area (Å²) in [6.07, 6.45) is 8.48. The third-order valence-corrected chi connectivity index (χ3v) is 1.65. The number of allylic oxidation sites excluding steroid dienone is 5. The van der Waals surface area contributed by atoms with Gasteiger partial charge in [-0.2, -0.15) is 0 Å². The molecule has 0 aliphatic heterocycles. The predicted molar refractivity (Wildman–Crippen MR) is 52.6 cm³/mol. The molecule has 0 heterocycles. The van der Waals surface area contributed by atoms with Crippen LogP contribution in [0.5, 0.6) is 0 Å². The molecule has 0 aliphatic rings. The first kappa shape index (κ1) is 10.2. The lowest BCUT2D eigenvalue weighted by Gasteiger charge is -2.01. The highest BCUT2D eigenvalue weighted by Crippen LogP contribution is 2.12. The van der Waals surface area contributed by atoms with E-state index >= 15 is 0 Å². The summed E-state index contributed by atoms with van der Waals surface area (Å²) in [6.45, 7) is 10.3. The molecule has 0 spiro atoms. The van der Waals surface area contributed by atoms with E-state index in [0.29, 0.717) is 0 Å². The van der Waals surface area contributed by atoms with Crippen LogP contribution in [0.25, 0.3) is 0 Å². The van der Waals surface area contributed by atoms with Gasteiger partial charge in [0, 0.05) is 0 Å². The Labute approximate surface area is 70.3 Å². The summed E-state index contributed by atoms with van der Waals surface area (Å²) in [4.78, 5) is 0. The van der Waals surface area contributed by atoms with E-state index in [1.165, 1.54) is 17.6 Å². The summed E-state index contributed by atoms with van der Waals surface area (Å²) in [5.41, 5.74) is 2.55. The fourth-order valence-electron chi connectivity index (χ4n) is 0.857. The van der Waals surface area contributed by atoms with Crippen LogP contribution in [0.4, 0.5) is 0 Å². The van der Waals surface area contributed by atoms with Gasteiger partial charge in [-0.1, -0.05) is 43.7 Å². The molecule has 0 unspecified atom stereocenters. The van der Waals surface area contributed by atoms with E-state index < -0.39 is 0 Å². The van der Waals surface area contributed by atoms with Gasteiger partial charge in [-0.05, 0) is 25.8 Å². The monoisotopic (exact) mass is 150 g/mol. The van der Waals surface area contributed by atoms with Gasteiger partial charge >= 0.3 is 0 Å². The van der Waals surface area contributed by atoms with E-state index in [2.05, 4.69) is 32.6 Å². The van der Waals surface area contributed by atoms with Gasteiger partial charge in [-0.25, -0.2) is 0 Å². The van der Waals surface area contributed by atoms with Gasteiger partial charge in [0.2, 0.25) is 0 Å². The van der Waals surface area contributed by atoms with Crippen molar-refractivity contribution in [2.24, 2.45) is 0 Å². The smallest absolute Gasteiger partial charge is 0.0285 e. The fourth-order valence-corrected chi connectivity index (χ4v) is 0.857. The highest BCUT2D eigenvalue weighted by Gasteiger charge is 1.92. The van der Waals surface area contributed by atoms with Crippen molar-refractivity contribution < 1.29 is 0 Å². The maximum absolute atomic E-state index is 4.00. The molecule has 11 heavy (non-hydrogen) atoms. The van der Waals surface area contributed by atoms with Crippen molar-refractivity contribution in [2.45, 2.75) is 33.6 Å². The Morgan fingerprint density at radius 1 is 1.45 bits per heavy atom. The lowest BCUT2D eigenvalue weighted by Crippen LogP contribution is -1.81. The molecule has 0 saturated heterocycles. The van der Waals surface area contributed by atoms with Crippen molar-refractivity contribution in [3.63, 3.8) is 0 Å². The quantitative estimate of drug-likeness (QED) is 0.534. The van der Waals surface area contributed by atoms with E-state index in [9.17, 15) is 0 Å². The van der Waals surface area contributed by atoms with Crippen molar-refractivity contribution in [3.8, 4) is 0 Å². The molecular formula is C11H18. The molecule has 0 amide bonds. The van der Waals surface area contributed by atoms with Crippen LogP contribution in [0.1, 0.15) is 33.6 Å². The number of hydrogen-bond donors (Lipinski definition) is 0. The zero-order chi connectivity index (χ0) is 8.69. The van der Waals surface area contributed by atoms with Crippen molar-refractivity contribution in [2.75, 3.05) is 0 Å². The molecule has 0 nitrogen and oxygen atoms in total. The van der Waals surface area contributed by atoms with E-state index in [0.717, 1.165) is 6.42 Å². The molecule has 62 valence electrons. The van der Waals surface area contributed by atoms with E-state index in [-0.39, 0.29) is 0 Å². The summed E-state index contributed by atoms with van der Waals surface area (Å²) in [5.74, 6) is 0. The normalized spacial score (nSPS) is 12.5. The standard InChI is InChI=1S/C11H18/c1-5-7-9-11(4)10(3)8-6-2/h5,7,9H,3,6,8H2,1-2,4H3/b7-5-,11-9-. The van der Waals surface area contributed by atoms with Crippen LogP contribution < -0.4 is 0 Å². The molecule has 0 N–H and O–H groups in total. The minimum Gasteiger partial charge on any atom is -0.0956 e. The summed E-state index contributed by atoms with van der Waals surface area (Å²) < 4.78 is 0. The van der Waals surface area contributed by atoms with Gasteiger partial charge in [0.1, 0.15) is 0 Å². The van der Waals surface area contributed by atoms with Crippen LogP contribution in [0, 0.1) is 0 Å². The second-order valence-corrected chi connectivity index (χ2v) is 2.73. The minimum atomic E-state index is 1.11. The van der Waals surface area contributed by atoms with Crippen molar-refractivity contribution in [1.82, 2.24) is 0 Å². The second-order valence-electron chi connectivity index (χ2n) is 2.73. The van der Waals surface area contributed by atoms with Crippen molar-refractivity contribution in [1.29, 1.82) is 0 Å². The van der Waals surface area contributed by atoms with E-state index in [1.807, 2.05) is 13.0 Å². The van der Waals surface area contributed by atoms with E-state index in [4.69, 9.17) is 0 Å². The Hall–Kier alpha value is -0.780. The highest BCUT2D eigenvalue weighted by atomic mass is 14.0. The molecule has 0 aromatic heterocycles. The average Bonchev–Trinajstić information content (AvgIpc) is 2.00. The Bertz CT molecular complexity index is 170. The third-order valence-electron chi connectivity index (χ3n) is 1.65. The van der Waals surface area contributed by atoms with Crippen molar-refractivity contribution in [3.05, 3.63) is 36.0 Å². The summed E-state index contributed by atoms with van der Waals surface area (Å²) in [7, 11) is 0. The molecule has 0 bridgehead atoms. The van der Waals surface area contributed by atoms with Gasteiger partial charge in [0.25, 0.3) is 0 Å². The van der Waals surface area contributed by atoms with Crippen LogP contribution in [0.3, 0.4) is 0 Å². The summed E-state index contributed by atoms with van der Waals surface area (Å²) in [5, 5.41) is 0. The molecule has 0 rings (SSSR count). The molecular weight excluding hydrogens is 132 g/mol. The number of hydrogen-bond acceptors (Lipinski definition) is 0. The summed E-state index contributed by atoms with van der Waals surface area (Å²) >= 11 is 0. The molecule has 0 saturated carbocycles. The first-order valence-electron chi connectivity index (χ1n) is 4.20. The average molecular weight is 150 g/mol. The predicted octanol–water partition coefficient (Wildman–Crippen LogP) is 3.87. The molecule has 0 aromatic rings. The minimum absolute atomic E-state index is 1.11.